The number of rotatable bonds is 2. The zero-order valence-corrected chi connectivity index (χ0v) is 11.5. The third kappa shape index (κ3) is 2.41. The maximum atomic E-state index is 9.51. The minimum Gasteiger partial charge on any atom is -0.508 e. The maximum absolute atomic E-state index is 9.51. The summed E-state index contributed by atoms with van der Waals surface area (Å²) in [5.74, 6) is 0.341. The van der Waals surface area contributed by atoms with Crippen molar-refractivity contribution in [1.29, 1.82) is 0 Å². The fourth-order valence-electron chi connectivity index (χ4n) is 2.68. The lowest BCUT2D eigenvalue weighted by molar-refractivity contribution is 0.474. The van der Waals surface area contributed by atoms with Crippen LogP contribution in [0.4, 0.5) is 5.69 Å². The molecule has 1 aliphatic carbocycles. The van der Waals surface area contributed by atoms with Crippen LogP contribution in [0.5, 0.6) is 5.75 Å². The summed E-state index contributed by atoms with van der Waals surface area (Å²) >= 11 is 6.26. The molecule has 1 atom stereocenters. The number of nitrogens with one attached hydrogen (secondary N) is 1. The molecule has 3 heteroatoms. The van der Waals surface area contributed by atoms with Crippen LogP contribution in [-0.2, 0) is 6.42 Å². The standard InChI is InChI=1S/C16H16ClNO/c1-10-2-6-16(14(17)8-10)18-15-7-3-11-9-12(19)4-5-13(11)15/h2,4-6,8-9,15,18-19H,3,7H2,1H3. The van der Waals surface area contributed by atoms with Crippen molar-refractivity contribution in [3.63, 3.8) is 0 Å². The average Bonchev–Trinajstić information content (AvgIpc) is 2.75. The van der Waals surface area contributed by atoms with E-state index in [2.05, 4.69) is 11.4 Å². The van der Waals surface area contributed by atoms with Crippen molar-refractivity contribution in [2.75, 3.05) is 5.32 Å². The third-order valence-electron chi connectivity index (χ3n) is 3.66. The molecule has 2 aromatic rings. The van der Waals surface area contributed by atoms with Crippen molar-refractivity contribution in [2.24, 2.45) is 0 Å². The first kappa shape index (κ1) is 12.4. The van der Waals surface area contributed by atoms with E-state index < -0.39 is 0 Å². The second-order valence-electron chi connectivity index (χ2n) is 5.10. The first-order valence-corrected chi connectivity index (χ1v) is 6.86. The molecule has 0 bridgehead atoms. The Balaban J connectivity index is 1.86. The van der Waals surface area contributed by atoms with Crippen LogP contribution >= 0.6 is 11.6 Å². The van der Waals surface area contributed by atoms with E-state index in [1.807, 2.05) is 31.2 Å². The number of benzene rings is 2. The Kier molecular flexibility index (Phi) is 3.11. The minimum absolute atomic E-state index is 0.274. The molecule has 0 heterocycles. The number of phenolic OH excluding ortho intramolecular Hbond substituents is 1. The van der Waals surface area contributed by atoms with Crippen LogP contribution in [0.25, 0.3) is 0 Å². The topological polar surface area (TPSA) is 32.3 Å². The second kappa shape index (κ2) is 4.78. The zero-order chi connectivity index (χ0) is 13.4. The van der Waals surface area contributed by atoms with Gasteiger partial charge in [0.05, 0.1) is 16.8 Å². The molecule has 3 rings (SSSR count). The molecule has 0 saturated carbocycles. The lowest BCUT2D eigenvalue weighted by atomic mass is 10.1. The van der Waals surface area contributed by atoms with Gasteiger partial charge in [0.25, 0.3) is 0 Å². The quantitative estimate of drug-likeness (QED) is 0.847. The minimum atomic E-state index is 0.274. The van der Waals surface area contributed by atoms with Crippen LogP contribution in [-0.4, -0.2) is 5.11 Å². The Labute approximate surface area is 118 Å². The first-order valence-electron chi connectivity index (χ1n) is 6.48. The van der Waals surface area contributed by atoms with Crippen molar-refractivity contribution >= 4 is 17.3 Å². The number of aryl methyl sites for hydroxylation is 2. The number of anilines is 1. The van der Waals surface area contributed by atoms with Crippen LogP contribution in [0, 0.1) is 6.92 Å². The fraction of sp³-hybridized carbons (Fsp3) is 0.250. The molecule has 0 radical (unpaired) electrons. The number of aromatic hydroxyl groups is 1. The maximum Gasteiger partial charge on any atom is 0.115 e. The highest BCUT2D eigenvalue weighted by Gasteiger charge is 2.23. The number of phenols is 1. The van der Waals surface area contributed by atoms with Crippen molar-refractivity contribution in [3.05, 3.63) is 58.1 Å². The normalized spacial score (nSPS) is 17.3. The van der Waals surface area contributed by atoms with Gasteiger partial charge in [0.2, 0.25) is 0 Å². The molecule has 0 aromatic heterocycles. The molecular formula is C16H16ClNO. The molecule has 0 saturated heterocycles. The molecule has 2 N–H and O–H groups in total. The Morgan fingerprint density at radius 1 is 1.21 bits per heavy atom. The molecule has 98 valence electrons. The second-order valence-corrected chi connectivity index (χ2v) is 5.51. The van der Waals surface area contributed by atoms with E-state index in [0.717, 1.165) is 29.1 Å². The summed E-state index contributed by atoms with van der Waals surface area (Å²) in [5, 5.41) is 13.8. The van der Waals surface area contributed by atoms with Crippen molar-refractivity contribution in [3.8, 4) is 5.75 Å². The van der Waals surface area contributed by atoms with E-state index in [-0.39, 0.29) is 6.04 Å². The molecule has 0 spiro atoms. The molecule has 1 aliphatic rings. The zero-order valence-electron chi connectivity index (χ0n) is 10.8. The van der Waals surface area contributed by atoms with E-state index in [1.54, 1.807) is 6.07 Å². The van der Waals surface area contributed by atoms with Gasteiger partial charge in [-0.25, -0.2) is 0 Å². The number of fused-ring (bicyclic) bond motifs is 1. The van der Waals surface area contributed by atoms with Crippen molar-refractivity contribution in [1.82, 2.24) is 0 Å². The summed E-state index contributed by atoms with van der Waals surface area (Å²) in [7, 11) is 0. The summed E-state index contributed by atoms with van der Waals surface area (Å²) in [5.41, 5.74) is 4.61. The Morgan fingerprint density at radius 2 is 2.05 bits per heavy atom. The van der Waals surface area contributed by atoms with Gasteiger partial charge in [-0.15, -0.1) is 0 Å². The third-order valence-corrected chi connectivity index (χ3v) is 3.97. The summed E-state index contributed by atoms with van der Waals surface area (Å²) in [6.07, 6.45) is 2.02. The fourth-order valence-corrected chi connectivity index (χ4v) is 2.97. The van der Waals surface area contributed by atoms with Crippen molar-refractivity contribution in [2.45, 2.75) is 25.8 Å². The summed E-state index contributed by atoms with van der Waals surface area (Å²) in [6.45, 7) is 2.03. The molecule has 0 aliphatic heterocycles. The Hall–Kier alpha value is -1.67. The summed E-state index contributed by atoms with van der Waals surface area (Å²) in [6, 6.07) is 11.9. The summed E-state index contributed by atoms with van der Waals surface area (Å²) < 4.78 is 0. The van der Waals surface area contributed by atoms with E-state index in [9.17, 15) is 5.11 Å². The molecule has 2 nitrogen and oxygen atoms in total. The van der Waals surface area contributed by atoms with Crippen LogP contribution in [0.1, 0.15) is 29.2 Å². The lowest BCUT2D eigenvalue weighted by Crippen LogP contribution is -2.07. The van der Waals surface area contributed by atoms with E-state index in [0.29, 0.717) is 5.75 Å². The Bertz CT molecular complexity index is 624. The van der Waals surface area contributed by atoms with Gasteiger partial charge in [0.1, 0.15) is 5.75 Å². The number of hydrogen-bond donors (Lipinski definition) is 2. The van der Waals surface area contributed by atoms with Gasteiger partial charge in [-0.05, 0) is 60.7 Å². The molecular weight excluding hydrogens is 258 g/mol. The van der Waals surface area contributed by atoms with Gasteiger partial charge in [-0.3, -0.25) is 0 Å². The van der Waals surface area contributed by atoms with Crippen LogP contribution in [0.15, 0.2) is 36.4 Å². The molecule has 1 unspecified atom stereocenters. The highest BCUT2D eigenvalue weighted by atomic mass is 35.5. The lowest BCUT2D eigenvalue weighted by Gasteiger charge is -2.17. The predicted molar refractivity (Wildman–Crippen MR) is 79.0 cm³/mol. The Morgan fingerprint density at radius 3 is 2.84 bits per heavy atom. The number of hydrogen-bond acceptors (Lipinski definition) is 2. The van der Waals surface area contributed by atoms with Gasteiger partial charge < -0.3 is 10.4 Å². The van der Waals surface area contributed by atoms with Gasteiger partial charge in [0.15, 0.2) is 0 Å². The van der Waals surface area contributed by atoms with Crippen LogP contribution in [0.3, 0.4) is 0 Å². The highest BCUT2D eigenvalue weighted by molar-refractivity contribution is 6.33. The van der Waals surface area contributed by atoms with Gasteiger partial charge in [-0.2, -0.15) is 0 Å². The van der Waals surface area contributed by atoms with E-state index in [4.69, 9.17) is 11.6 Å². The SMILES string of the molecule is Cc1ccc(NC2CCc3cc(O)ccc32)c(Cl)c1. The molecule has 0 fully saturated rings. The van der Waals surface area contributed by atoms with Gasteiger partial charge in [-0.1, -0.05) is 23.7 Å². The van der Waals surface area contributed by atoms with E-state index >= 15 is 0 Å². The largest absolute Gasteiger partial charge is 0.508 e. The summed E-state index contributed by atoms with van der Waals surface area (Å²) in [4.78, 5) is 0. The predicted octanol–water partition coefficient (Wildman–Crippen LogP) is 4.45. The molecule has 0 amide bonds. The van der Waals surface area contributed by atoms with E-state index in [1.165, 1.54) is 11.1 Å². The number of halogens is 1. The monoisotopic (exact) mass is 273 g/mol. The first-order chi connectivity index (χ1) is 9.13. The highest BCUT2D eigenvalue weighted by Crippen LogP contribution is 2.37. The molecule has 2 aromatic carbocycles. The van der Waals surface area contributed by atoms with Crippen LogP contribution < -0.4 is 5.32 Å². The van der Waals surface area contributed by atoms with Gasteiger partial charge >= 0.3 is 0 Å². The molecule has 19 heavy (non-hydrogen) atoms. The average molecular weight is 274 g/mol. The van der Waals surface area contributed by atoms with Crippen LogP contribution in [0.2, 0.25) is 5.02 Å². The smallest absolute Gasteiger partial charge is 0.115 e. The van der Waals surface area contributed by atoms with Gasteiger partial charge in [0, 0.05) is 0 Å². The van der Waals surface area contributed by atoms with Crippen molar-refractivity contribution < 1.29 is 5.11 Å².